The second-order valence-electron chi connectivity index (χ2n) is 4.41. The summed E-state index contributed by atoms with van der Waals surface area (Å²) >= 11 is 0. The molecule has 0 fully saturated rings. The lowest BCUT2D eigenvalue weighted by Gasteiger charge is -2.17. The van der Waals surface area contributed by atoms with Gasteiger partial charge in [-0.25, -0.2) is 0 Å². The van der Waals surface area contributed by atoms with E-state index in [4.69, 9.17) is 9.84 Å². The van der Waals surface area contributed by atoms with Crippen LogP contribution < -0.4 is 10.1 Å². The van der Waals surface area contributed by atoms with Crippen molar-refractivity contribution in [3.05, 3.63) is 29.8 Å². The van der Waals surface area contributed by atoms with Gasteiger partial charge in [0.05, 0.1) is 13.2 Å². The first-order chi connectivity index (χ1) is 8.15. The van der Waals surface area contributed by atoms with Crippen LogP contribution in [0.4, 0.5) is 0 Å². The Balaban J connectivity index is 2.43. The number of aliphatic hydroxyl groups excluding tert-OH is 1. The first-order valence-corrected chi connectivity index (χ1v) is 6.19. The minimum atomic E-state index is -0.210. The number of hydrogen-bond acceptors (Lipinski definition) is 3. The Labute approximate surface area is 104 Å². The van der Waals surface area contributed by atoms with Gasteiger partial charge >= 0.3 is 0 Å². The maximum atomic E-state index is 9.17. The van der Waals surface area contributed by atoms with Crippen molar-refractivity contribution >= 4 is 0 Å². The standard InChI is InChI=1S/C14H23NO2/c1-11(16)7-6-10-15-12(2)13-8-4-5-9-14(13)17-3/h4-5,8-9,11-12,15-16H,6-7,10H2,1-3H3. The molecule has 1 aromatic carbocycles. The third-order valence-electron chi connectivity index (χ3n) is 2.85. The average Bonchev–Trinajstić information content (AvgIpc) is 2.34. The van der Waals surface area contributed by atoms with Crippen molar-refractivity contribution in [1.29, 1.82) is 0 Å². The number of nitrogens with one attached hydrogen (secondary N) is 1. The van der Waals surface area contributed by atoms with Gasteiger partial charge in [0.1, 0.15) is 5.75 Å². The zero-order valence-corrected chi connectivity index (χ0v) is 10.9. The maximum absolute atomic E-state index is 9.17. The van der Waals surface area contributed by atoms with E-state index in [1.807, 2.05) is 25.1 Å². The van der Waals surface area contributed by atoms with Crippen molar-refractivity contribution in [1.82, 2.24) is 5.32 Å². The molecule has 0 radical (unpaired) electrons. The van der Waals surface area contributed by atoms with E-state index in [0.29, 0.717) is 0 Å². The monoisotopic (exact) mass is 237 g/mol. The molecule has 2 unspecified atom stereocenters. The predicted molar refractivity (Wildman–Crippen MR) is 70.3 cm³/mol. The molecule has 2 N–H and O–H groups in total. The van der Waals surface area contributed by atoms with Crippen molar-refractivity contribution in [3.8, 4) is 5.75 Å². The number of aliphatic hydroxyl groups is 1. The van der Waals surface area contributed by atoms with Crippen LogP contribution in [0.1, 0.15) is 38.3 Å². The zero-order valence-electron chi connectivity index (χ0n) is 10.9. The quantitative estimate of drug-likeness (QED) is 0.716. The number of ether oxygens (including phenoxy) is 1. The Morgan fingerprint density at radius 1 is 1.29 bits per heavy atom. The van der Waals surface area contributed by atoms with Gasteiger partial charge in [-0.3, -0.25) is 0 Å². The number of rotatable bonds is 7. The fraction of sp³-hybridized carbons (Fsp3) is 0.571. The molecule has 3 heteroatoms. The molecule has 0 amide bonds. The summed E-state index contributed by atoms with van der Waals surface area (Å²) in [6.07, 6.45) is 1.61. The molecular formula is C14H23NO2. The van der Waals surface area contributed by atoms with Crippen LogP contribution in [0.3, 0.4) is 0 Å². The molecular weight excluding hydrogens is 214 g/mol. The number of hydrogen-bond donors (Lipinski definition) is 2. The fourth-order valence-electron chi connectivity index (χ4n) is 1.85. The summed E-state index contributed by atoms with van der Waals surface area (Å²) < 4.78 is 5.33. The Hall–Kier alpha value is -1.06. The summed E-state index contributed by atoms with van der Waals surface area (Å²) in [6.45, 7) is 4.86. The van der Waals surface area contributed by atoms with Gasteiger partial charge < -0.3 is 15.2 Å². The van der Waals surface area contributed by atoms with Crippen LogP contribution in [-0.2, 0) is 0 Å². The van der Waals surface area contributed by atoms with Crippen LogP contribution in [0, 0.1) is 0 Å². The van der Waals surface area contributed by atoms with E-state index in [0.717, 1.165) is 25.1 Å². The SMILES string of the molecule is COc1ccccc1C(C)NCCCC(C)O. The van der Waals surface area contributed by atoms with Crippen LogP contribution in [-0.4, -0.2) is 24.9 Å². The number of benzene rings is 1. The largest absolute Gasteiger partial charge is 0.496 e. The molecule has 0 bridgehead atoms. The molecule has 0 heterocycles. The molecule has 0 aliphatic carbocycles. The van der Waals surface area contributed by atoms with Gasteiger partial charge in [-0.2, -0.15) is 0 Å². The Morgan fingerprint density at radius 2 is 2.00 bits per heavy atom. The molecule has 96 valence electrons. The molecule has 0 aromatic heterocycles. The lowest BCUT2D eigenvalue weighted by Crippen LogP contribution is -2.21. The minimum absolute atomic E-state index is 0.210. The molecule has 17 heavy (non-hydrogen) atoms. The highest BCUT2D eigenvalue weighted by Crippen LogP contribution is 2.24. The Morgan fingerprint density at radius 3 is 2.65 bits per heavy atom. The summed E-state index contributed by atoms with van der Waals surface area (Å²) in [5, 5.41) is 12.6. The Kier molecular flexibility index (Phi) is 6.01. The minimum Gasteiger partial charge on any atom is -0.496 e. The highest BCUT2D eigenvalue weighted by Gasteiger charge is 2.09. The van der Waals surface area contributed by atoms with Gasteiger partial charge in [-0.05, 0) is 39.3 Å². The molecule has 0 saturated carbocycles. The lowest BCUT2D eigenvalue weighted by atomic mass is 10.1. The highest BCUT2D eigenvalue weighted by atomic mass is 16.5. The van der Waals surface area contributed by atoms with Gasteiger partial charge in [0.15, 0.2) is 0 Å². The van der Waals surface area contributed by atoms with E-state index in [2.05, 4.69) is 18.3 Å². The first-order valence-electron chi connectivity index (χ1n) is 6.19. The second kappa shape index (κ2) is 7.30. The third-order valence-corrected chi connectivity index (χ3v) is 2.85. The number of methoxy groups -OCH3 is 1. The zero-order chi connectivity index (χ0) is 12.7. The van der Waals surface area contributed by atoms with Crippen molar-refractivity contribution in [2.75, 3.05) is 13.7 Å². The summed E-state index contributed by atoms with van der Waals surface area (Å²) in [4.78, 5) is 0. The summed E-state index contributed by atoms with van der Waals surface area (Å²) in [5.74, 6) is 0.919. The van der Waals surface area contributed by atoms with E-state index in [9.17, 15) is 0 Å². The predicted octanol–water partition coefficient (Wildman–Crippen LogP) is 2.51. The van der Waals surface area contributed by atoms with E-state index < -0.39 is 0 Å². The van der Waals surface area contributed by atoms with Crippen molar-refractivity contribution in [3.63, 3.8) is 0 Å². The first kappa shape index (κ1) is 14.0. The lowest BCUT2D eigenvalue weighted by molar-refractivity contribution is 0.181. The van der Waals surface area contributed by atoms with Gasteiger partial charge in [-0.15, -0.1) is 0 Å². The fourth-order valence-corrected chi connectivity index (χ4v) is 1.85. The molecule has 2 atom stereocenters. The number of para-hydroxylation sites is 1. The molecule has 1 aromatic rings. The topological polar surface area (TPSA) is 41.5 Å². The van der Waals surface area contributed by atoms with Crippen LogP contribution in [0.15, 0.2) is 24.3 Å². The molecule has 0 aliphatic rings. The van der Waals surface area contributed by atoms with Crippen molar-refractivity contribution in [2.24, 2.45) is 0 Å². The van der Waals surface area contributed by atoms with E-state index in [1.165, 1.54) is 5.56 Å². The third kappa shape index (κ3) is 4.75. The summed E-state index contributed by atoms with van der Waals surface area (Å²) in [7, 11) is 1.69. The normalized spacial score (nSPS) is 14.4. The maximum Gasteiger partial charge on any atom is 0.123 e. The van der Waals surface area contributed by atoms with Gasteiger partial charge in [0, 0.05) is 11.6 Å². The van der Waals surface area contributed by atoms with Crippen molar-refractivity contribution in [2.45, 2.75) is 38.8 Å². The smallest absolute Gasteiger partial charge is 0.123 e. The molecule has 0 aliphatic heterocycles. The molecule has 1 rings (SSSR count). The van der Waals surface area contributed by atoms with Crippen LogP contribution in [0.25, 0.3) is 0 Å². The van der Waals surface area contributed by atoms with Crippen LogP contribution in [0.5, 0.6) is 5.75 Å². The van der Waals surface area contributed by atoms with Crippen molar-refractivity contribution < 1.29 is 9.84 Å². The van der Waals surface area contributed by atoms with Gasteiger partial charge in [-0.1, -0.05) is 18.2 Å². The van der Waals surface area contributed by atoms with Gasteiger partial charge in [0.2, 0.25) is 0 Å². The highest BCUT2D eigenvalue weighted by molar-refractivity contribution is 5.35. The summed E-state index contributed by atoms with van der Waals surface area (Å²) in [5.41, 5.74) is 1.17. The molecule has 0 saturated heterocycles. The second-order valence-corrected chi connectivity index (χ2v) is 4.41. The van der Waals surface area contributed by atoms with E-state index in [-0.39, 0.29) is 12.1 Å². The van der Waals surface area contributed by atoms with Crippen LogP contribution in [0.2, 0.25) is 0 Å². The summed E-state index contributed by atoms with van der Waals surface area (Å²) in [6, 6.07) is 8.31. The molecule has 3 nitrogen and oxygen atoms in total. The van der Waals surface area contributed by atoms with E-state index in [1.54, 1.807) is 7.11 Å². The molecule has 0 spiro atoms. The average molecular weight is 237 g/mol. The van der Waals surface area contributed by atoms with Gasteiger partial charge in [0.25, 0.3) is 0 Å². The van der Waals surface area contributed by atoms with Crippen LogP contribution >= 0.6 is 0 Å². The Bertz CT molecular complexity index is 326. The van der Waals surface area contributed by atoms with E-state index >= 15 is 0 Å².